The number of rotatable bonds is 7. The zero-order valence-electron chi connectivity index (χ0n) is 14.0. The van der Waals surface area contributed by atoms with Gasteiger partial charge in [0.05, 0.1) is 5.75 Å². The summed E-state index contributed by atoms with van der Waals surface area (Å²) in [4.78, 5) is 12.2. The fourth-order valence-corrected chi connectivity index (χ4v) is 4.71. The number of piperidine rings is 1. The van der Waals surface area contributed by atoms with Gasteiger partial charge in [0.1, 0.15) is 0 Å². The summed E-state index contributed by atoms with van der Waals surface area (Å²) in [6.45, 7) is 5.39. The van der Waals surface area contributed by atoms with Gasteiger partial charge in [0, 0.05) is 32.1 Å². The second-order valence-electron chi connectivity index (χ2n) is 6.38. The van der Waals surface area contributed by atoms with Gasteiger partial charge < -0.3 is 10.6 Å². The first-order valence-electron chi connectivity index (χ1n) is 8.67. The molecular formula is C16H29N3O3S. The maximum Gasteiger partial charge on any atom is 0.223 e. The first-order valence-corrected chi connectivity index (χ1v) is 10.3. The van der Waals surface area contributed by atoms with Crippen LogP contribution < -0.4 is 10.6 Å². The molecule has 2 rings (SSSR count). The van der Waals surface area contributed by atoms with E-state index < -0.39 is 10.0 Å². The summed E-state index contributed by atoms with van der Waals surface area (Å²) in [5.74, 6) is 0.229. The highest BCUT2D eigenvalue weighted by atomic mass is 32.2. The molecule has 1 amide bonds. The Morgan fingerprint density at radius 3 is 2.74 bits per heavy atom. The molecule has 132 valence electrons. The molecule has 2 heterocycles. The Morgan fingerprint density at radius 1 is 1.39 bits per heavy atom. The lowest BCUT2D eigenvalue weighted by atomic mass is 9.97. The Morgan fingerprint density at radius 2 is 2.13 bits per heavy atom. The maximum atomic E-state index is 12.2. The van der Waals surface area contributed by atoms with Gasteiger partial charge in [-0.15, -0.1) is 0 Å². The molecule has 1 fully saturated rings. The molecule has 2 N–H and O–H groups in total. The van der Waals surface area contributed by atoms with Gasteiger partial charge in [0.2, 0.25) is 15.9 Å². The highest BCUT2D eigenvalue weighted by Gasteiger charge is 2.30. The Hall–Kier alpha value is -0.920. The molecule has 0 saturated carbocycles. The Labute approximate surface area is 139 Å². The third-order valence-corrected chi connectivity index (χ3v) is 6.58. The summed E-state index contributed by atoms with van der Waals surface area (Å²) in [5.41, 5.74) is 1.27. The van der Waals surface area contributed by atoms with Gasteiger partial charge in [-0.1, -0.05) is 25.0 Å². The van der Waals surface area contributed by atoms with Gasteiger partial charge in [-0.3, -0.25) is 4.79 Å². The first-order chi connectivity index (χ1) is 11.0. The standard InChI is InChI=1S/C16H29N3O3S/c1-2-3-12-23(21,22)19-10-6-15(7-11-19)16(20)18-13-14-4-8-17-9-5-14/h4,15,17H,2-3,5-13H2,1H3,(H,18,20). The van der Waals surface area contributed by atoms with Gasteiger partial charge in [-0.05, 0) is 32.2 Å². The van der Waals surface area contributed by atoms with Crippen molar-refractivity contribution in [3.8, 4) is 0 Å². The lowest BCUT2D eigenvalue weighted by Crippen LogP contribution is -2.44. The van der Waals surface area contributed by atoms with Crippen LogP contribution in [0.1, 0.15) is 39.0 Å². The number of carbonyl (C=O) groups excluding carboxylic acids is 1. The minimum atomic E-state index is -3.14. The molecule has 0 spiro atoms. The van der Waals surface area contributed by atoms with Gasteiger partial charge in [0.15, 0.2) is 0 Å². The first kappa shape index (κ1) is 18.4. The highest BCUT2D eigenvalue weighted by molar-refractivity contribution is 7.89. The van der Waals surface area contributed by atoms with E-state index in [4.69, 9.17) is 0 Å². The van der Waals surface area contributed by atoms with Crippen LogP contribution in [0.3, 0.4) is 0 Å². The molecule has 2 aliphatic heterocycles. The molecule has 0 bridgehead atoms. The van der Waals surface area contributed by atoms with Crippen molar-refractivity contribution in [2.24, 2.45) is 5.92 Å². The highest BCUT2D eigenvalue weighted by Crippen LogP contribution is 2.20. The van der Waals surface area contributed by atoms with E-state index in [2.05, 4.69) is 16.7 Å². The van der Waals surface area contributed by atoms with Crippen LogP contribution in [0.25, 0.3) is 0 Å². The summed E-state index contributed by atoms with van der Waals surface area (Å²) in [5, 5.41) is 6.25. The van der Waals surface area contributed by atoms with Crippen molar-refractivity contribution in [3.05, 3.63) is 11.6 Å². The van der Waals surface area contributed by atoms with Crippen molar-refractivity contribution in [3.63, 3.8) is 0 Å². The molecule has 1 saturated heterocycles. The molecule has 0 atom stereocenters. The zero-order chi connectivity index (χ0) is 16.7. The van der Waals surface area contributed by atoms with Gasteiger partial charge >= 0.3 is 0 Å². The molecule has 0 unspecified atom stereocenters. The minimum Gasteiger partial charge on any atom is -0.352 e. The summed E-state index contributed by atoms with van der Waals surface area (Å²) < 4.78 is 25.9. The van der Waals surface area contributed by atoms with E-state index in [9.17, 15) is 13.2 Å². The molecule has 0 aromatic heterocycles. The number of sulfonamides is 1. The van der Waals surface area contributed by atoms with Gasteiger partial charge in [0.25, 0.3) is 0 Å². The maximum absolute atomic E-state index is 12.2. The third kappa shape index (κ3) is 5.58. The van der Waals surface area contributed by atoms with Crippen LogP contribution >= 0.6 is 0 Å². The van der Waals surface area contributed by atoms with Crippen molar-refractivity contribution in [2.75, 3.05) is 38.5 Å². The fourth-order valence-electron chi connectivity index (χ4n) is 3.03. The predicted molar refractivity (Wildman–Crippen MR) is 91.6 cm³/mol. The number of hydrogen-bond donors (Lipinski definition) is 2. The summed E-state index contributed by atoms with van der Waals surface area (Å²) in [6, 6.07) is 0. The van der Waals surface area contributed by atoms with Gasteiger partial charge in [-0.25, -0.2) is 12.7 Å². The normalized spacial score (nSPS) is 21.0. The van der Waals surface area contributed by atoms with Crippen LogP contribution in [0.5, 0.6) is 0 Å². The number of hydrogen-bond acceptors (Lipinski definition) is 4. The van der Waals surface area contributed by atoms with E-state index in [0.717, 1.165) is 25.9 Å². The van der Waals surface area contributed by atoms with Crippen LogP contribution in [0.2, 0.25) is 0 Å². The summed E-state index contributed by atoms with van der Waals surface area (Å²) >= 11 is 0. The smallest absolute Gasteiger partial charge is 0.223 e. The molecule has 6 nitrogen and oxygen atoms in total. The number of carbonyl (C=O) groups is 1. The third-order valence-electron chi connectivity index (χ3n) is 4.62. The van der Waals surface area contributed by atoms with Crippen molar-refractivity contribution in [2.45, 2.75) is 39.0 Å². The predicted octanol–water partition coefficient (Wildman–Crippen LogP) is 0.864. The van der Waals surface area contributed by atoms with Crippen molar-refractivity contribution in [1.82, 2.24) is 14.9 Å². The molecule has 7 heteroatoms. The van der Waals surface area contributed by atoms with Crippen LogP contribution in [0.15, 0.2) is 11.6 Å². The molecule has 0 aromatic rings. The molecule has 23 heavy (non-hydrogen) atoms. The summed E-state index contributed by atoms with van der Waals surface area (Å²) in [7, 11) is -3.14. The van der Waals surface area contributed by atoms with E-state index in [0.29, 0.717) is 38.9 Å². The quantitative estimate of drug-likeness (QED) is 0.672. The van der Waals surface area contributed by atoms with E-state index >= 15 is 0 Å². The number of amides is 1. The summed E-state index contributed by atoms with van der Waals surface area (Å²) in [6.07, 6.45) is 5.94. The largest absolute Gasteiger partial charge is 0.352 e. The van der Waals surface area contributed by atoms with E-state index in [1.54, 1.807) is 4.31 Å². The second-order valence-corrected chi connectivity index (χ2v) is 8.47. The molecular weight excluding hydrogens is 314 g/mol. The van der Waals surface area contributed by atoms with Gasteiger partial charge in [-0.2, -0.15) is 0 Å². The van der Waals surface area contributed by atoms with Crippen LogP contribution in [0.4, 0.5) is 0 Å². The van der Waals surface area contributed by atoms with Crippen LogP contribution in [-0.2, 0) is 14.8 Å². The molecule has 0 radical (unpaired) electrons. The second kappa shape index (κ2) is 8.80. The number of nitrogens with zero attached hydrogens (tertiary/aromatic N) is 1. The van der Waals surface area contributed by atoms with E-state index in [1.807, 2.05) is 6.92 Å². The topological polar surface area (TPSA) is 78.5 Å². The molecule has 0 aromatic carbocycles. The lowest BCUT2D eigenvalue weighted by molar-refractivity contribution is -0.125. The number of nitrogens with one attached hydrogen (secondary N) is 2. The lowest BCUT2D eigenvalue weighted by Gasteiger charge is -2.30. The van der Waals surface area contributed by atoms with Crippen LogP contribution in [-0.4, -0.2) is 57.1 Å². The fraction of sp³-hybridized carbons (Fsp3) is 0.812. The Kier molecular flexibility index (Phi) is 7.05. The van der Waals surface area contributed by atoms with Crippen molar-refractivity contribution >= 4 is 15.9 Å². The van der Waals surface area contributed by atoms with E-state index in [-0.39, 0.29) is 17.6 Å². The Bertz CT molecular complexity index is 523. The minimum absolute atomic E-state index is 0.0602. The monoisotopic (exact) mass is 343 g/mol. The zero-order valence-corrected chi connectivity index (χ0v) is 14.8. The Balaban J connectivity index is 1.75. The number of unbranched alkanes of at least 4 members (excludes halogenated alkanes) is 1. The molecule has 0 aliphatic carbocycles. The van der Waals surface area contributed by atoms with Crippen LogP contribution in [0, 0.1) is 5.92 Å². The van der Waals surface area contributed by atoms with Crippen molar-refractivity contribution in [1.29, 1.82) is 0 Å². The van der Waals surface area contributed by atoms with Crippen molar-refractivity contribution < 1.29 is 13.2 Å². The average Bonchev–Trinajstić information content (AvgIpc) is 2.59. The average molecular weight is 343 g/mol. The van der Waals surface area contributed by atoms with E-state index in [1.165, 1.54) is 5.57 Å². The SMILES string of the molecule is CCCCS(=O)(=O)N1CCC(C(=O)NCC2=CCNCC2)CC1. The molecule has 2 aliphatic rings.